The molecule has 2 amide bonds. The fourth-order valence-corrected chi connectivity index (χ4v) is 3.35. The summed E-state index contributed by atoms with van der Waals surface area (Å²) in [5.74, 6) is -0.704. The van der Waals surface area contributed by atoms with E-state index in [1.807, 2.05) is 14.1 Å². The van der Waals surface area contributed by atoms with Crippen LogP contribution in [0.25, 0.3) is 11.3 Å². The molecule has 2 aromatic carbocycles. The summed E-state index contributed by atoms with van der Waals surface area (Å²) in [6.07, 6.45) is 2.39. The number of carbonyl (C=O) groups is 1. The number of aromatic nitrogens is 2. The summed E-state index contributed by atoms with van der Waals surface area (Å²) in [7, 11) is 5.77. The first-order valence-electron chi connectivity index (χ1n) is 9.90. The SMILES string of the molecule is CN(C)CCCOc1ccc(NC(=O)Nc2ccc(F)c(O)c2)cc1-c1c(Cl)cnn1C. The highest BCUT2D eigenvalue weighted by Crippen LogP contribution is 2.36. The number of nitrogens with zero attached hydrogens (tertiary/aromatic N) is 3. The molecule has 10 heteroatoms. The van der Waals surface area contributed by atoms with Gasteiger partial charge in [-0.05, 0) is 50.8 Å². The van der Waals surface area contributed by atoms with E-state index in [0.29, 0.717) is 34.3 Å². The van der Waals surface area contributed by atoms with Crippen LogP contribution in [-0.2, 0) is 7.05 Å². The number of ether oxygens (including phenoxy) is 1. The van der Waals surface area contributed by atoms with Gasteiger partial charge in [0.15, 0.2) is 11.6 Å². The zero-order chi connectivity index (χ0) is 23.3. The molecule has 8 nitrogen and oxygen atoms in total. The van der Waals surface area contributed by atoms with E-state index >= 15 is 0 Å². The van der Waals surface area contributed by atoms with Gasteiger partial charge in [-0.15, -0.1) is 0 Å². The maximum atomic E-state index is 13.2. The number of halogens is 2. The van der Waals surface area contributed by atoms with Crippen molar-refractivity contribution < 1.29 is 19.0 Å². The topological polar surface area (TPSA) is 91.7 Å². The average molecular weight is 462 g/mol. The fraction of sp³-hybridized carbons (Fsp3) is 0.273. The maximum absolute atomic E-state index is 13.2. The van der Waals surface area contributed by atoms with E-state index in [0.717, 1.165) is 25.1 Å². The standard InChI is InChI=1S/C22H25ClFN5O3/c1-28(2)9-4-10-32-20-8-6-14(11-16(20)21-17(23)13-25-29(21)3)26-22(31)27-15-5-7-18(24)19(30)12-15/h5-8,11-13,30H,4,9-10H2,1-3H3,(H2,26,27,31). The van der Waals surface area contributed by atoms with E-state index in [1.54, 1.807) is 36.1 Å². The molecular formula is C22H25ClFN5O3. The van der Waals surface area contributed by atoms with Crippen molar-refractivity contribution in [2.24, 2.45) is 7.05 Å². The highest BCUT2D eigenvalue weighted by Gasteiger charge is 2.16. The van der Waals surface area contributed by atoms with E-state index in [2.05, 4.69) is 20.6 Å². The lowest BCUT2D eigenvalue weighted by Gasteiger charge is -2.16. The Morgan fingerprint density at radius 3 is 2.53 bits per heavy atom. The minimum Gasteiger partial charge on any atom is -0.505 e. The highest BCUT2D eigenvalue weighted by atomic mass is 35.5. The lowest BCUT2D eigenvalue weighted by Crippen LogP contribution is -2.19. The summed E-state index contributed by atoms with van der Waals surface area (Å²) in [4.78, 5) is 14.5. The zero-order valence-electron chi connectivity index (χ0n) is 18.0. The third-order valence-corrected chi connectivity index (χ3v) is 4.87. The molecule has 1 aromatic heterocycles. The minimum atomic E-state index is -0.769. The highest BCUT2D eigenvalue weighted by molar-refractivity contribution is 6.33. The first-order chi connectivity index (χ1) is 15.2. The van der Waals surface area contributed by atoms with Gasteiger partial charge in [-0.25, -0.2) is 9.18 Å². The van der Waals surface area contributed by atoms with Crippen LogP contribution in [0.4, 0.5) is 20.6 Å². The number of rotatable bonds is 8. The van der Waals surface area contributed by atoms with E-state index < -0.39 is 17.6 Å². The molecule has 3 N–H and O–H groups in total. The molecule has 0 aliphatic heterocycles. The second-order valence-corrected chi connectivity index (χ2v) is 7.83. The second-order valence-electron chi connectivity index (χ2n) is 7.43. The van der Waals surface area contributed by atoms with Crippen molar-refractivity contribution in [2.45, 2.75) is 6.42 Å². The molecule has 0 saturated carbocycles. The Hall–Kier alpha value is -3.30. The summed E-state index contributed by atoms with van der Waals surface area (Å²) in [5.41, 5.74) is 2.07. The van der Waals surface area contributed by atoms with Crippen LogP contribution >= 0.6 is 11.6 Å². The van der Waals surface area contributed by atoms with Crippen molar-refractivity contribution in [1.29, 1.82) is 0 Å². The number of hydrogen-bond donors (Lipinski definition) is 3. The second kappa shape index (κ2) is 10.3. The van der Waals surface area contributed by atoms with Gasteiger partial charge in [0.25, 0.3) is 0 Å². The molecule has 3 rings (SSSR count). The molecular weight excluding hydrogens is 437 g/mol. The normalized spacial score (nSPS) is 10.9. The largest absolute Gasteiger partial charge is 0.505 e. The number of phenols is 1. The number of nitrogens with one attached hydrogen (secondary N) is 2. The fourth-order valence-electron chi connectivity index (χ4n) is 3.08. The molecule has 0 unspecified atom stereocenters. The number of aryl methyl sites for hydroxylation is 1. The summed E-state index contributed by atoms with van der Waals surface area (Å²) in [6.45, 7) is 1.41. The molecule has 0 aliphatic carbocycles. The average Bonchev–Trinajstić information content (AvgIpc) is 3.06. The van der Waals surface area contributed by atoms with Crippen LogP contribution in [0, 0.1) is 5.82 Å². The molecule has 0 fully saturated rings. The Bertz CT molecular complexity index is 1080. The Morgan fingerprint density at radius 1 is 1.22 bits per heavy atom. The monoisotopic (exact) mass is 461 g/mol. The summed E-state index contributed by atoms with van der Waals surface area (Å²) >= 11 is 6.35. The summed E-state index contributed by atoms with van der Waals surface area (Å²) in [5, 5.41) is 19.4. The molecule has 170 valence electrons. The molecule has 0 saturated heterocycles. The van der Waals surface area contributed by atoms with Gasteiger partial charge in [0.1, 0.15) is 5.75 Å². The van der Waals surface area contributed by atoms with Crippen LogP contribution in [0.5, 0.6) is 11.5 Å². The molecule has 0 radical (unpaired) electrons. The van der Waals surface area contributed by atoms with E-state index in [4.69, 9.17) is 16.3 Å². The Kier molecular flexibility index (Phi) is 7.55. The van der Waals surface area contributed by atoms with Crippen LogP contribution in [0.1, 0.15) is 6.42 Å². The predicted octanol–water partition coefficient (Wildman–Crippen LogP) is 4.56. The van der Waals surface area contributed by atoms with Crippen LogP contribution in [0.15, 0.2) is 42.6 Å². The molecule has 1 heterocycles. The molecule has 32 heavy (non-hydrogen) atoms. The van der Waals surface area contributed by atoms with E-state index in [-0.39, 0.29) is 5.69 Å². The quantitative estimate of drug-likeness (QED) is 0.428. The van der Waals surface area contributed by atoms with Crippen molar-refractivity contribution >= 4 is 29.0 Å². The number of aromatic hydroxyl groups is 1. The Labute approximate surface area is 190 Å². The van der Waals surface area contributed by atoms with Gasteiger partial charge in [0.05, 0.1) is 23.5 Å². The number of urea groups is 1. The molecule has 0 atom stereocenters. The zero-order valence-corrected chi connectivity index (χ0v) is 18.8. The smallest absolute Gasteiger partial charge is 0.323 e. The van der Waals surface area contributed by atoms with Gasteiger partial charge < -0.3 is 25.4 Å². The number of anilines is 2. The third kappa shape index (κ3) is 5.89. The van der Waals surface area contributed by atoms with Crippen molar-refractivity contribution in [3.8, 4) is 22.8 Å². The number of benzene rings is 2. The molecule has 0 spiro atoms. The van der Waals surface area contributed by atoms with Crippen molar-refractivity contribution in [3.05, 3.63) is 53.4 Å². The number of phenolic OH excluding ortho intramolecular Hbond substituents is 1. The number of hydrogen-bond acceptors (Lipinski definition) is 5. The number of amides is 2. The third-order valence-electron chi connectivity index (χ3n) is 4.60. The minimum absolute atomic E-state index is 0.247. The van der Waals surface area contributed by atoms with Crippen molar-refractivity contribution in [2.75, 3.05) is 37.9 Å². The van der Waals surface area contributed by atoms with Crippen LogP contribution < -0.4 is 15.4 Å². The predicted molar refractivity (Wildman–Crippen MR) is 123 cm³/mol. The molecule has 3 aromatic rings. The number of carbonyl (C=O) groups excluding carboxylic acids is 1. The Morgan fingerprint density at radius 2 is 1.91 bits per heavy atom. The Balaban J connectivity index is 1.80. The van der Waals surface area contributed by atoms with Gasteiger partial charge in [-0.3, -0.25) is 4.68 Å². The van der Waals surface area contributed by atoms with Crippen LogP contribution in [-0.4, -0.2) is 53.1 Å². The van der Waals surface area contributed by atoms with Crippen LogP contribution in [0.3, 0.4) is 0 Å². The van der Waals surface area contributed by atoms with E-state index in [9.17, 15) is 14.3 Å². The summed E-state index contributed by atoms with van der Waals surface area (Å²) < 4.78 is 20.8. The lowest BCUT2D eigenvalue weighted by molar-refractivity contribution is 0.262. The first kappa shape index (κ1) is 23.4. The van der Waals surface area contributed by atoms with Gasteiger partial charge in [-0.2, -0.15) is 5.10 Å². The van der Waals surface area contributed by atoms with Gasteiger partial charge in [0, 0.05) is 36.6 Å². The maximum Gasteiger partial charge on any atom is 0.323 e. The van der Waals surface area contributed by atoms with Crippen LogP contribution in [0.2, 0.25) is 5.02 Å². The van der Waals surface area contributed by atoms with Crippen molar-refractivity contribution in [1.82, 2.24) is 14.7 Å². The molecule has 0 bridgehead atoms. The van der Waals surface area contributed by atoms with Gasteiger partial charge in [0.2, 0.25) is 0 Å². The van der Waals surface area contributed by atoms with E-state index in [1.165, 1.54) is 6.07 Å². The van der Waals surface area contributed by atoms with Gasteiger partial charge >= 0.3 is 6.03 Å². The molecule has 0 aliphatic rings. The lowest BCUT2D eigenvalue weighted by atomic mass is 10.1. The van der Waals surface area contributed by atoms with Crippen molar-refractivity contribution in [3.63, 3.8) is 0 Å². The summed E-state index contributed by atoms with van der Waals surface area (Å²) in [6, 6.07) is 8.19. The first-order valence-corrected chi connectivity index (χ1v) is 10.3. The van der Waals surface area contributed by atoms with Gasteiger partial charge in [-0.1, -0.05) is 11.6 Å².